The summed E-state index contributed by atoms with van der Waals surface area (Å²) in [5.74, 6) is 0.691. The van der Waals surface area contributed by atoms with E-state index >= 15 is 0 Å². The molecule has 20 heavy (non-hydrogen) atoms. The fourth-order valence-corrected chi connectivity index (χ4v) is 4.50. The van der Waals surface area contributed by atoms with Crippen LogP contribution in [0.15, 0.2) is 0 Å². The van der Waals surface area contributed by atoms with Gasteiger partial charge in [-0.25, -0.2) is 13.1 Å². The Hall–Kier alpha value is -0.170. The molecule has 2 atom stereocenters. The van der Waals surface area contributed by atoms with Crippen molar-refractivity contribution in [1.29, 1.82) is 0 Å². The fourth-order valence-electron chi connectivity index (χ4n) is 3.77. The molecule has 120 valence electrons. The minimum absolute atomic E-state index is 0.111. The maximum Gasteiger partial charge on any atom is 0.211 e. The molecule has 0 heterocycles. The van der Waals surface area contributed by atoms with Crippen molar-refractivity contribution in [3.63, 3.8) is 0 Å². The quantitative estimate of drug-likeness (QED) is 0.615. The number of sulfonamides is 1. The molecule has 1 saturated carbocycles. The SMILES string of the molecule is CNS(=O)(=O)CCCN[C@]1(CO)C[C@@H](C)CC(C)(C)C1. The lowest BCUT2D eigenvalue weighted by atomic mass is 9.64. The van der Waals surface area contributed by atoms with Crippen molar-refractivity contribution in [3.8, 4) is 0 Å². The second-order valence-electron chi connectivity index (χ2n) is 7.10. The van der Waals surface area contributed by atoms with Gasteiger partial charge < -0.3 is 10.4 Å². The molecule has 1 aliphatic rings. The summed E-state index contributed by atoms with van der Waals surface area (Å²) in [4.78, 5) is 0. The molecule has 0 aromatic carbocycles. The van der Waals surface area contributed by atoms with Gasteiger partial charge in [0.05, 0.1) is 12.4 Å². The van der Waals surface area contributed by atoms with Crippen molar-refractivity contribution in [2.75, 3.05) is 26.0 Å². The molecule has 0 bridgehead atoms. The zero-order valence-corrected chi connectivity index (χ0v) is 14.0. The van der Waals surface area contributed by atoms with Crippen molar-refractivity contribution in [2.45, 2.75) is 52.0 Å². The Labute approximate surface area is 123 Å². The molecule has 0 aromatic rings. The molecular weight excluding hydrogens is 276 g/mol. The average Bonchev–Trinajstić information content (AvgIpc) is 2.32. The second-order valence-corrected chi connectivity index (χ2v) is 9.14. The number of nitrogens with one attached hydrogen (secondary N) is 2. The van der Waals surface area contributed by atoms with E-state index in [0.717, 1.165) is 12.8 Å². The van der Waals surface area contributed by atoms with Crippen LogP contribution in [0.1, 0.15) is 46.5 Å². The molecule has 0 amide bonds. The van der Waals surface area contributed by atoms with Crippen LogP contribution >= 0.6 is 0 Å². The van der Waals surface area contributed by atoms with Crippen LogP contribution in [0.2, 0.25) is 0 Å². The molecule has 0 aromatic heterocycles. The number of rotatable bonds is 7. The summed E-state index contributed by atoms with van der Waals surface area (Å²) in [6.07, 6.45) is 3.61. The molecule has 0 saturated heterocycles. The van der Waals surface area contributed by atoms with Gasteiger partial charge in [0, 0.05) is 5.54 Å². The minimum atomic E-state index is -3.14. The first-order valence-corrected chi connectivity index (χ1v) is 9.06. The Morgan fingerprint density at radius 2 is 1.95 bits per heavy atom. The van der Waals surface area contributed by atoms with Crippen LogP contribution in [0.25, 0.3) is 0 Å². The highest BCUT2D eigenvalue weighted by atomic mass is 32.2. The first-order chi connectivity index (χ1) is 9.14. The monoisotopic (exact) mass is 306 g/mol. The maximum absolute atomic E-state index is 11.4. The number of hydrogen-bond donors (Lipinski definition) is 3. The third-order valence-corrected chi connectivity index (χ3v) is 5.61. The lowest BCUT2D eigenvalue weighted by molar-refractivity contribution is 0.0367. The van der Waals surface area contributed by atoms with E-state index in [1.54, 1.807) is 0 Å². The highest BCUT2D eigenvalue weighted by Gasteiger charge is 2.42. The molecule has 1 fully saturated rings. The van der Waals surface area contributed by atoms with Gasteiger partial charge in [-0.1, -0.05) is 20.8 Å². The van der Waals surface area contributed by atoms with E-state index in [0.29, 0.717) is 18.9 Å². The van der Waals surface area contributed by atoms with Gasteiger partial charge in [0.1, 0.15) is 0 Å². The maximum atomic E-state index is 11.4. The molecule has 6 heteroatoms. The fraction of sp³-hybridized carbons (Fsp3) is 1.00. The van der Waals surface area contributed by atoms with Gasteiger partial charge in [0.2, 0.25) is 10.0 Å². The van der Waals surface area contributed by atoms with E-state index in [2.05, 4.69) is 30.8 Å². The molecule has 0 aliphatic heterocycles. The number of aliphatic hydroxyl groups is 1. The Bertz CT molecular complexity index is 409. The summed E-state index contributed by atoms with van der Waals surface area (Å²) in [5.41, 5.74) is -0.0466. The number of aliphatic hydroxyl groups excluding tert-OH is 1. The van der Waals surface area contributed by atoms with Crippen molar-refractivity contribution in [2.24, 2.45) is 11.3 Å². The van der Waals surface area contributed by atoms with Crippen LogP contribution in [-0.4, -0.2) is 45.0 Å². The zero-order chi connectivity index (χ0) is 15.4. The molecule has 0 spiro atoms. The van der Waals surface area contributed by atoms with Gasteiger partial charge in [-0.15, -0.1) is 0 Å². The molecular formula is C14H30N2O3S. The van der Waals surface area contributed by atoms with Crippen LogP contribution in [0.5, 0.6) is 0 Å². The van der Waals surface area contributed by atoms with E-state index < -0.39 is 10.0 Å². The standard InChI is InChI=1S/C14H30N2O3S/c1-12-8-13(2,3)10-14(9-12,11-17)16-6-5-7-20(18,19)15-4/h12,15-17H,5-11H2,1-4H3/t12-,14+/m0/s1. The normalized spacial score (nSPS) is 30.4. The Kier molecular flexibility index (Phi) is 6.01. The molecule has 1 rings (SSSR count). The predicted molar refractivity (Wildman–Crippen MR) is 82.1 cm³/mol. The van der Waals surface area contributed by atoms with Crippen LogP contribution in [0.4, 0.5) is 0 Å². The second kappa shape index (κ2) is 6.73. The van der Waals surface area contributed by atoms with E-state index in [4.69, 9.17) is 0 Å². The van der Waals surface area contributed by atoms with E-state index in [1.807, 2.05) is 0 Å². The molecule has 3 N–H and O–H groups in total. The smallest absolute Gasteiger partial charge is 0.211 e. The molecule has 1 aliphatic carbocycles. The third-order valence-electron chi connectivity index (χ3n) is 4.16. The molecule has 5 nitrogen and oxygen atoms in total. The lowest BCUT2D eigenvalue weighted by Crippen LogP contribution is -2.55. The Morgan fingerprint density at radius 3 is 2.45 bits per heavy atom. The first kappa shape index (κ1) is 17.9. The van der Waals surface area contributed by atoms with Crippen molar-refractivity contribution in [1.82, 2.24) is 10.0 Å². The third kappa shape index (κ3) is 5.31. The van der Waals surface area contributed by atoms with Gasteiger partial charge in [0.15, 0.2) is 0 Å². The van der Waals surface area contributed by atoms with Crippen molar-refractivity contribution in [3.05, 3.63) is 0 Å². The van der Waals surface area contributed by atoms with Gasteiger partial charge in [-0.3, -0.25) is 0 Å². The summed E-state index contributed by atoms with van der Waals surface area (Å²) >= 11 is 0. The van der Waals surface area contributed by atoms with E-state index in [-0.39, 0.29) is 23.3 Å². The topological polar surface area (TPSA) is 78.4 Å². The van der Waals surface area contributed by atoms with Crippen LogP contribution in [0.3, 0.4) is 0 Å². The lowest BCUT2D eigenvalue weighted by Gasteiger charge is -2.47. The zero-order valence-electron chi connectivity index (χ0n) is 13.2. The van der Waals surface area contributed by atoms with Gasteiger partial charge in [-0.05, 0) is 50.6 Å². The highest BCUT2D eigenvalue weighted by Crippen LogP contribution is 2.43. The van der Waals surface area contributed by atoms with Crippen LogP contribution < -0.4 is 10.0 Å². The minimum Gasteiger partial charge on any atom is -0.394 e. The Balaban J connectivity index is 2.54. The average molecular weight is 306 g/mol. The largest absolute Gasteiger partial charge is 0.394 e. The van der Waals surface area contributed by atoms with Crippen molar-refractivity contribution >= 4 is 10.0 Å². The van der Waals surface area contributed by atoms with Gasteiger partial charge >= 0.3 is 0 Å². The van der Waals surface area contributed by atoms with Crippen LogP contribution in [-0.2, 0) is 10.0 Å². The molecule has 0 unspecified atom stereocenters. The Morgan fingerprint density at radius 1 is 1.30 bits per heavy atom. The summed E-state index contributed by atoms with van der Waals surface area (Å²) in [6, 6.07) is 0. The van der Waals surface area contributed by atoms with Crippen molar-refractivity contribution < 1.29 is 13.5 Å². The molecule has 0 radical (unpaired) electrons. The summed E-state index contributed by atoms with van der Waals surface area (Å²) in [6.45, 7) is 7.42. The number of hydrogen-bond acceptors (Lipinski definition) is 4. The van der Waals surface area contributed by atoms with Gasteiger partial charge in [-0.2, -0.15) is 0 Å². The summed E-state index contributed by atoms with van der Waals surface area (Å²) in [7, 11) is -1.70. The summed E-state index contributed by atoms with van der Waals surface area (Å²) < 4.78 is 25.1. The van der Waals surface area contributed by atoms with E-state index in [1.165, 1.54) is 13.5 Å². The first-order valence-electron chi connectivity index (χ1n) is 7.41. The predicted octanol–water partition coefficient (Wildman–Crippen LogP) is 1.09. The highest BCUT2D eigenvalue weighted by molar-refractivity contribution is 7.89. The van der Waals surface area contributed by atoms with E-state index in [9.17, 15) is 13.5 Å². The van der Waals surface area contributed by atoms with Gasteiger partial charge in [0.25, 0.3) is 0 Å². The van der Waals surface area contributed by atoms with Crippen LogP contribution in [0, 0.1) is 11.3 Å². The summed E-state index contributed by atoms with van der Waals surface area (Å²) in [5, 5.41) is 13.2.